The quantitative estimate of drug-likeness (QED) is 0.849. The van der Waals surface area contributed by atoms with Gasteiger partial charge in [0, 0.05) is 17.9 Å². The highest BCUT2D eigenvalue weighted by atomic mass is 19.1. The van der Waals surface area contributed by atoms with Crippen LogP contribution in [0.15, 0.2) is 36.4 Å². The SMILES string of the molecule is CCN(c1ccc(C)cc1)c1cc(C(N)=O)c(N)cc1F. The molecule has 0 saturated heterocycles. The zero-order valence-electron chi connectivity index (χ0n) is 12.1. The Morgan fingerprint density at radius 2 is 1.86 bits per heavy atom. The molecule has 2 aromatic carbocycles. The number of benzene rings is 2. The molecule has 0 aliphatic rings. The molecule has 0 aliphatic carbocycles. The third-order valence-corrected chi connectivity index (χ3v) is 3.34. The fraction of sp³-hybridized carbons (Fsp3) is 0.188. The van der Waals surface area contributed by atoms with Gasteiger partial charge < -0.3 is 16.4 Å². The molecule has 0 heterocycles. The number of aryl methyl sites for hydroxylation is 1. The summed E-state index contributed by atoms with van der Waals surface area (Å²) in [5.74, 6) is -1.16. The highest BCUT2D eigenvalue weighted by molar-refractivity contribution is 5.99. The van der Waals surface area contributed by atoms with E-state index in [2.05, 4.69) is 0 Å². The lowest BCUT2D eigenvalue weighted by molar-refractivity contribution is 0.100. The largest absolute Gasteiger partial charge is 0.398 e. The molecule has 5 heteroatoms. The van der Waals surface area contributed by atoms with Gasteiger partial charge in [0.15, 0.2) is 0 Å². The molecule has 0 aromatic heterocycles. The Hall–Kier alpha value is -2.56. The van der Waals surface area contributed by atoms with E-state index in [1.165, 1.54) is 6.07 Å². The van der Waals surface area contributed by atoms with Crippen LogP contribution in [0.1, 0.15) is 22.8 Å². The van der Waals surface area contributed by atoms with Crippen molar-refractivity contribution in [3.63, 3.8) is 0 Å². The molecule has 21 heavy (non-hydrogen) atoms. The molecule has 110 valence electrons. The molecule has 0 atom stereocenters. The number of primary amides is 1. The zero-order valence-corrected chi connectivity index (χ0v) is 12.1. The number of halogens is 1. The highest BCUT2D eigenvalue weighted by Crippen LogP contribution is 2.31. The second-order valence-electron chi connectivity index (χ2n) is 4.83. The van der Waals surface area contributed by atoms with Crippen LogP contribution in [0.4, 0.5) is 21.5 Å². The first-order chi connectivity index (χ1) is 9.93. The van der Waals surface area contributed by atoms with Gasteiger partial charge in [0.2, 0.25) is 0 Å². The number of hydrogen-bond acceptors (Lipinski definition) is 3. The summed E-state index contributed by atoms with van der Waals surface area (Å²) in [4.78, 5) is 13.1. The first-order valence-electron chi connectivity index (χ1n) is 6.67. The standard InChI is InChI=1S/C16H18FN3O/c1-3-20(11-6-4-10(2)5-7-11)15-8-12(16(19)21)14(18)9-13(15)17/h4-9H,3,18H2,1-2H3,(H2,19,21). The van der Waals surface area contributed by atoms with E-state index < -0.39 is 11.7 Å². The van der Waals surface area contributed by atoms with Gasteiger partial charge in [0.1, 0.15) is 5.82 Å². The van der Waals surface area contributed by atoms with Gasteiger partial charge in [-0.2, -0.15) is 0 Å². The second kappa shape index (κ2) is 5.83. The van der Waals surface area contributed by atoms with Crippen molar-refractivity contribution in [2.75, 3.05) is 17.2 Å². The molecule has 2 aromatic rings. The van der Waals surface area contributed by atoms with Gasteiger partial charge in [-0.25, -0.2) is 4.39 Å². The van der Waals surface area contributed by atoms with Gasteiger partial charge in [-0.15, -0.1) is 0 Å². The maximum Gasteiger partial charge on any atom is 0.250 e. The van der Waals surface area contributed by atoms with E-state index in [-0.39, 0.29) is 16.9 Å². The molecule has 0 spiro atoms. The number of anilines is 3. The fourth-order valence-electron chi connectivity index (χ4n) is 2.21. The third-order valence-electron chi connectivity index (χ3n) is 3.34. The average molecular weight is 287 g/mol. The molecule has 4 N–H and O–H groups in total. The number of carbonyl (C=O) groups excluding carboxylic acids is 1. The lowest BCUT2D eigenvalue weighted by Gasteiger charge is -2.24. The van der Waals surface area contributed by atoms with Crippen LogP contribution >= 0.6 is 0 Å². The molecule has 0 saturated carbocycles. The van der Waals surface area contributed by atoms with Gasteiger partial charge in [-0.05, 0) is 38.1 Å². The van der Waals surface area contributed by atoms with Crippen molar-refractivity contribution in [1.29, 1.82) is 0 Å². The van der Waals surface area contributed by atoms with Crippen LogP contribution in [0.2, 0.25) is 0 Å². The predicted molar refractivity (Wildman–Crippen MR) is 83.2 cm³/mol. The Kier molecular flexibility index (Phi) is 4.12. The molecule has 0 fully saturated rings. The molecule has 4 nitrogen and oxygen atoms in total. The number of nitrogens with zero attached hydrogens (tertiary/aromatic N) is 1. The smallest absolute Gasteiger partial charge is 0.250 e. The first kappa shape index (κ1) is 14.8. The van der Waals surface area contributed by atoms with Crippen LogP contribution in [0, 0.1) is 12.7 Å². The Balaban J connectivity index is 2.54. The molecule has 0 radical (unpaired) electrons. The van der Waals surface area contributed by atoms with Crippen molar-refractivity contribution >= 4 is 23.0 Å². The normalized spacial score (nSPS) is 10.4. The Morgan fingerprint density at radius 1 is 1.24 bits per heavy atom. The van der Waals surface area contributed by atoms with Crippen molar-refractivity contribution < 1.29 is 9.18 Å². The number of nitrogens with two attached hydrogens (primary N) is 2. The number of carbonyl (C=O) groups is 1. The maximum atomic E-state index is 14.2. The van der Waals surface area contributed by atoms with Crippen LogP contribution in [0.25, 0.3) is 0 Å². The Labute approximate surface area is 123 Å². The number of nitrogen functional groups attached to an aromatic ring is 1. The van der Waals surface area contributed by atoms with Crippen LogP contribution in [0.5, 0.6) is 0 Å². The number of amides is 1. The van der Waals surface area contributed by atoms with Crippen molar-refractivity contribution in [3.8, 4) is 0 Å². The van der Waals surface area contributed by atoms with Crippen LogP contribution in [0.3, 0.4) is 0 Å². The Bertz CT molecular complexity index is 668. The van der Waals surface area contributed by atoms with Crippen molar-refractivity contribution in [2.45, 2.75) is 13.8 Å². The van der Waals surface area contributed by atoms with E-state index in [4.69, 9.17) is 11.5 Å². The van der Waals surface area contributed by atoms with Crippen molar-refractivity contribution in [1.82, 2.24) is 0 Å². The van der Waals surface area contributed by atoms with E-state index >= 15 is 0 Å². The minimum atomic E-state index is -0.672. The van der Waals surface area contributed by atoms with E-state index in [1.54, 1.807) is 4.90 Å². The van der Waals surface area contributed by atoms with E-state index in [9.17, 15) is 9.18 Å². The maximum absolute atomic E-state index is 14.2. The topological polar surface area (TPSA) is 72.3 Å². The third kappa shape index (κ3) is 2.97. The molecule has 0 aliphatic heterocycles. The molecular weight excluding hydrogens is 269 g/mol. The summed E-state index contributed by atoms with van der Waals surface area (Å²) in [7, 11) is 0. The summed E-state index contributed by atoms with van der Waals surface area (Å²) in [5, 5.41) is 0. The summed E-state index contributed by atoms with van der Waals surface area (Å²) in [6, 6.07) is 10.2. The van der Waals surface area contributed by atoms with E-state index in [0.29, 0.717) is 6.54 Å². The van der Waals surface area contributed by atoms with Crippen molar-refractivity contribution in [2.24, 2.45) is 5.73 Å². The molecule has 1 amide bonds. The fourth-order valence-corrected chi connectivity index (χ4v) is 2.21. The summed E-state index contributed by atoms with van der Waals surface area (Å²) in [5.41, 5.74) is 13.3. The van der Waals surface area contributed by atoms with Gasteiger partial charge in [0.05, 0.1) is 11.3 Å². The van der Waals surface area contributed by atoms with E-state index in [0.717, 1.165) is 17.3 Å². The van der Waals surface area contributed by atoms with Gasteiger partial charge in [0.25, 0.3) is 5.91 Å². The Morgan fingerprint density at radius 3 is 2.38 bits per heavy atom. The molecule has 2 rings (SSSR count). The number of hydrogen-bond donors (Lipinski definition) is 2. The average Bonchev–Trinajstić information content (AvgIpc) is 2.43. The van der Waals surface area contributed by atoms with Crippen LogP contribution < -0.4 is 16.4 Å². The second-order valence-corrected chi connectivity index (χ2v) is 4.83. The highest BCUT2D eigenvalue weighted by Gasteiger charge is 2.17. The molecular formula is C16H18FN3O. The lowest BCUT2D eigenvalue weighted by atomic mass is 10.1. The van der Waals surface area contributed by atoms with Crippen LogP contribution in [-0.2, 0) is 0 Å². The van der Waals surface area contributed by atoms with Gasteiger partial charge >= 0.3 is 0 Å². The minimum Gasteiger partial charge on any atom is -0.398 e. The number of rotatable bonds is 4. The first-order valence-corrected chi connectivity index (χ1v) is 6.67. The van der Waals surface area contributed by atoms with Gasteiger partial charge in [-0.3, -0.25) is 4.79 Å². The summed E-state index contributed by atoms with van der Waals surface area (Å²) < 4.78 is 14.2. The predicted octanol–water partition coefficient (Wildman–Crippen LogP) is 2.97. The van der Waals surface area contributed by atoms with E-state index in [1.807, 2.05) is 38.1 Å². The minimum absolute atomic E-state index is 0.0451. The summed E-state index contributed by atoms with van der Waals surface area (Å²) in [6.45, 7) is 4.43. The van der Waals surface area contributed by atoms with Gasteiger partial charge in [-0.1, -0.05) is 17.7 Å². The molecule has 0 unspecified atom stereocenters. The summed E-state index contributed by atoms with van der Waals surface area (Å²) >= 11 is 0. The van der Waals surface area contributed by atoms with Crippen LogP contribution in [-0.4, -0.2) is 12.5 Å². The lowest BCUT2D eigenvalue weighted by Crippen LogP contribution is -2.20. The van der Waals surface area contributed by atoms with Crippen molar-refractivity contribution in [3.05, 3.63) is 53.3 Å². The summed E-state index contributed by atoms with van der Waals surface area (Å²) in [6.07, 6.45) is 0. The monoisotopic (exact) mass is 287 g/mol. The molecule has 0 bridgehead atoms. The zero-order chi connectivity index (χ0) is 15.6.